The van der Waals surface area contributed by atoms with Gasteiger partial charge in [0.15, 0.2) is 5.69 Å². The molecule has 1 fully saturated rings. The molecule has 1 aromatic carbocycles. The van der Waals surface area contributed by atoms with Crippen LogP contribution in [0, 0.1) is 5.92 Å². The summed E-state index contributed by atoms with van der Waals surface area (Å²) in [5, 5.41) is 3.46. The van der Waals surface area contributed by atoms with Gasteiger partial charge < -0.3 is 20.4 Å². The number of hydrogen-bond acceptors (Lipinski definition) is 5. The lowest BCUT2D eigenvalue weighted by Crippen LogP contribution is -2.34. The van der Waals surface area contributed by atoms with E-state index in [9.17, 15) is 4.79 Å². The lowest BCUT2D eigenvalue weighted by atomic mass is 9.99. The van der Waals surface area contributed by atoms with E-state index in [1.807, 2.05) is 12.1 Å². The minimum atomic E-state index is -0.341. The Labute approximate surface area is 158 Å². The van der Waals surface area contributed by atoms with Crippen molar-refractivity contribution in [3.63, 3.8) is 0 Å². The summed E-state index contributed by atoms with van der Waals surface area (Å²) in [7, 11) is 0. The first kappa shape index (κ1) is 19.6. The van der Waals surface area contributed by atoms with Crippen molar-refractivity contribution in [3.05, 3.63) is 41.1 Å². The summed E-state index contributed by atoms with van der Waals surface area (Å²) in [5.74, 6) is 0.615. The van der Waals surface area contributed by atoms with Crippen LogP contribution in [0.2, 0.25) is 5.02 Å². The molecular formula is C17H22Cl2N4O2. The summed E-state index contributed by atoms with van der Waals surface area (Å²) in [4.78, 5) is 18.8. The van der Waals surface area contributed by atoms with E-state index in [4.69, 9.17) is 21.8 Å². The highest BCUT2D eigenvalue weighted by atomic mass is 35.5. The number of rotatable bonds is 4. The second kappa shape index (κ2) is 8.56. The Morgan fingerprint density at radius 1 is 1.52 bits per heavy atom. The zero-order chi connectivity index (χ0) is 17.1. The molecular weight excluding hydrogens is 363 g/mol. The number of benzene rings is 1. The van der Waals surface area contributed by atoms with Crippen LogP contribution < -0.4 is 16.0 Å². The van der Waals surface area contributed by atoms with Gasteiger partial charge in [0.25, 0.3) is 5.91 Å². The molecule has 136 valence electrons. The normalized spacial score (nSPS) is 17.1. The van der Waals surface area contributed by atoms with Gasteiger partial charge in [-0.3, -0.25) is 4.79 Å². The number of piperidine rings is 1. The van der Waals surface area contributed by atoms with Gasteiger partial charge in [-0.25, -0.2) is 4.98 Å². The van der Waals surface area contributed by atoms with E-state index in [1.54, 1.807) is 6.07 Å². The molecule has 2 heterocycles. The first-order chi connectivity index (χ1) is 11.6. The van der Waals surface area contributed by atoms with E-state index in [-0.39, 0.29) is 30.6 Å². The lowest BCUT2D eigenvalue weighted by Gasteiger charge is -2.34. The van der Waals surface area contributed by atoms with Gasteiger partial charge in [-0.2, -0.15) is 0 Å². The van der Waals surface area contributed by atoms with E-state index >= 15 is 0 Å². The third-order valence-electron chi connectivity index (χ3n) is 4.16. The van der Waals surface area contributed by atoms with Crippen LogP contribution in [0.1, 0.15) is 36.1 Å². The number of carbonyl (C=O) groups is 1. The first-order valence-corrected chi connectivity index (χ1v) is 8.45. The maximum Gasteiger partial charge on any atom is 0.277 e. The molecule has 1 unspecified atom stereocenters. The monoisotopic (exact) mass is 384 g/mol. The number of aromatic nitrogens is 1. The van der Waals surface area contributed by atoms with Gasteiger partial charge in [0.05, 0.1) is 17.9 Å². The van der Waals surface area contributed by atoms with Crippen molar-refractivity contribution in [1.82, 2.24) is 4.98 Å². The molecule has 25 heavy (non-hydrogen) atoms. The van der Waals surface area contributed by atoms with Crippen LogP contribution in [0.4, 0.5) is 11.4 Å². The largest absolute Gasteiger partial charge is 0.447 e. The topological polar surface area (TPSA) is 84.4 Å². The average Bonchev–Trinajstić information content (AvgIpc) is 3.04. The van der Waals surface area contributed by atoms with E-state index in [1.165, 1.54) is 12.7 Å². The number of halogens is 2. The van der Waals surface area contributed by atoms with E-state index in [0.29, 0.717) is 22.5 Å². The van der Waals surface area contributed by atoms with Crippen LogP contribution in [0.15, 0.2) is 28.9 Å². The highest BCUT2D eigenvalue weighted by Crippen LogP contribution is 2.32. The second-order valence-electron chi connectivity index (χ2n) is 6.14. The maximum absolute atomic E-state index is 12.4. The molecule has 0 bridgehead atoms. The maximum atomic E-state index is 12.4. The van der Waals surface area contributed by atoms with Crippen molar-refractivity contribution in [1.29, 1.82) is 0 Å². The average molecular weight is 385 g/mol. The molecule has 3 N–H and O–H groups in total. The van der Waals surface area contributed by atoms with Crippen molar-refractivity contribution in [3.8, 4) is 0 Å². The highest BCUT2D eigenvalue weighted by Gasteiger charge is 2.21. The second-order valence-corrected chi connectivity index (χ2v) is 6.58. The van der Waals surface area contributed by atoms with Gasteiger partial charge in [-0.15, -0.1) is 12.4 Å². The van der Waals surface area contributed by atoms with Gasteiger partial charge in [0.2, 0.25) is 5.89 Å². The Morgan fingerprint density at radius 2 is 2.32 bits per heavy atom. The number of hydrogen-bond donors (Lipinski definition) is 2. The van der Waals surface area contributed by atoms with E-state index in [0.717, 1.165) is 25.2 Å². The molecule has 1 aliphatic rings. The third-order valence-corrected chi connectivity index (χ3v) is 4.40. The van der Waals surface area contributed by atoms with Gasteiger partial charge in [0, 0.05) is 18.1 Å². The molecule has 0 radical (unpaired) electrons. The van der Waals surface area contributed by atoms with Crippen LogP contribution in [-0.2, 0) is 6.54 Å². The van der Waals surface area contributed by atoms with Gasteiger partial charge in [0.1, 0.15) is 6.26 Å². The number of nitrogens with zero attached hydrogens (tertiary/aromatic N) is 2. The summed E-state index contributed by atoms with van der Waals surface area (Å²) < 4.78 is 5.12. The Balaban J connectivity index is 0.00000225. The quantitative estimate of drug-likeness (QED) is 0.839. The minimum absolute atomic E-state index is 0. The van der Waals surface area contributed by atoms with Crippen molar-refractivity contribution in [2.75, 3.05) is 23.3 Å². The van der Waals surface area contributed by atoms with Crippen LogP contribution in [-0.4, -0.2) is 24.0 Å². The first-order valence-electron chi connectivity index (χ1n) is 8.07. The molecule has 1 atom stereocenters. The van der Waals surface area contributed by atoms with Crippen molar-refractivity contribution in [2.45, 2.75) is 26.3 Å². The summed E-state index contributed by atoms with van der Waals surface area (Å²) in [6.07, 6.45) is 3.68. The molecule has 6 nitrogen and oxygen atoms in total. The van der Waals surface area contributed by atoms with Gasteiger partial charge >= 0.3 is 0 Å². The van der Waals surface area contributed by atoms with E-state index in [2.05, 4.69) is 22.1 Å². The molecule has 1 saturated heterocycles. The zero-order valence-electron chi connectivity index (χ0n) is 14.0. The fourth-order valence-corrected chi connectivity index (χ4v) is 3.16. The predicted octanol–water partition coefficient (Wildman–Crippen LogP) is 3.70. The number of carbonyl (C=O) groups excluding carboxylic acids is 1. The van der Waals surface area contributed by atoms with Crippen molar-refractivity contribution < 1.29 is 9.21 Å². The summed E-state index contributed by atoms with van der Waals surface area (Å²) in [6.45, 7) is 4.33. The highest BCUT2D eigenvalue weighted by molar-refractivity contribution is 6.31. The summed E-state index contributed by atoms with van der Waals surface area (Å²) >= 11 is 6.12. The Kier molecular flexibility index (Phi) is 6.70. The standard InChI is InChI=1S/C17H21ClN4O2.ClH/c1-11-3-2-6-22(9-11)15-5-4-12(18)7-13(15)21-17(23)14-10-24-16(8-19)20-14;/h4-5,7,10-11H,2-3,6,8-9,19H2,1H3,(H,21,23);1H. The molecule has 0 saturated carbocycles. The SMILES string of the molecule is CC1CCCN(c2ccc(Cl)cc2NC(=O)c2coc(CN)n2)C1.Cl. The lowest BCUT2D eigenvalue weighted by molar-refractivity contribution is 0.102. The minimum Gasteiger partial charge on any atom is -0.447 e. The Morgan fingerprint density at radius 3 is 3.00 bits per heavy atom. The molecule has 1 amide bonds. The predicted molar refractivity (Wildman–Crippen MR) is 102 cm³/mol. The fraction of sp³-hybridized carbons (Fsp3) is 0.412. The molecule has 3 rings (SSSR count). The molecule has 1 aromatic heterocycles. The third kappa shape index (κ3) is 4.66. The molecule has 8 heteroatoms. The zero-order valence-corrected chi connectivity index (χ0v) is 15.6. The van der Waals surface area contributed by atoms with Crippen LogP contribution in [0.5, 0.6) is 0 Å². The van der Waals surface area contributed by atoms with Crippen molar-refractivity contribution in [2.24, 2.45) is 11.7 Å². The Bertz CT molecular complexity index is 735. The van der Waals surface area contributed by atoms with Gasteiger partial charge in [-0.1, -0.05) is 18.5 Å². The van der Waals surface area contributed by atoms with Crippen LogP contribution in [0.3, 0.4) is 0 Å². The number of oxazole rings is 1. The number of nitrogens with two attached hydrogens (primary N) is 1. The van der Waals surface area contributed by atoms with Crippen molar-refractivity contribution >= 4 is 41.3 Å². The number of nitrogens with one attached hydrogen (secondary N) is 1. The molecule has 0 spiro atoms. The fourth-order valence-electron chi connectivity index (χ4n) is 2.99. The summed E-state index contributed by atoms with van der Waals surface area (Å²) in [5.41, 5.74) is 7.31. The molecule has 1 aliphatic heterocycles. The molecule has 0 aliphatic carbocycles. The molecule has 2 aromatic rings. The smallest absolute Gasteiger partial charge is 0.277 e. The van der Waals surface area contributed by atoms with E-state index < -0.39 is 0 Å². The number of amides is 1. The number of anilines is 2. The van der Waals surface area contributed by atoms with Crippen LogP contribution >= 0.6 is 24.0 Å². The van der Waals surface area contributed by atoms with Gasteiger partial charge in [-0.05, 0) is 37.0 Å². The Hall–Kier alpha value is -1.76. The van der Waals surface area contributed by atoms with Crippen LogP contribution in [0.25, 0.3) is 0 Å². The summed E-state index contributed by atoms with van der Waals surface area (Å²) in [6, 6.07) is 5.55.